The lowest BCUT2D eigenvalue weighted by molar-refractivity contribution is 0.592. The molecule has 116 valence electrons. The molecule has 0 amide bonds. The molecule has 0 bridgehead atoms. The second-order valence-corrected chi connectivity index (χ2v) is 7.25. The molecule has 0 aliphatic rings. The van der Waals surface area contributed by atoms with Crippen molar-refractivity contribution in [3.05, 3.63) is 71.9 Å². The van der Waals surface area contributed by atoms with Crippen molar-refractivity contribution in [1.29, 1.82) is 0 Å². The van der Waals surface area contributed by atoms with Gasteiger partial charge in [0.1, 0.15) is 0 Å². The summed E-state index contributed by atoms with van der Waals surface area (Å²) in [4.78, 5) is 8.86. The second-order valence-electron chi connectivity index (χ2n) is 5.35. The topological polar surface area (TPSA) is 59.9 Å². The number of benzene rings is 2. The molecule has 2 aromatic carbocycles. The van der Waals surface area contributed by atoms with E-state index in [2.05, 4.69) is 9.97 Å². The van der Waals surface area contributed by atoms with Crippen LogP contribution in [0, 0.1) is 13.8 Å². The van der Waals surface area contributed by atoms with E-state index in [1.807, 2.05) is 37.3 Å². The number of aromatic nitrogens is 2. The van der Waals surface area contributed by atoms with Crippen LogP contribution in [0.1, 0.15) is 11.3 Å². The Labute approximate surface area is 135 Å². The Hall–Kier alpha value is -2.53. The number of nitrogens with zero attached hydrogens (tertiary/aromatic N) is 2. The van der Waals surface area contributed by atoms with Crippen LogP contribution in [0.4, 0.5) is 0 Å². The molecule has 0 spiro atoms. The summed E-state index contributed by atoms with van der Waals surface area (Å²) in [6, 6.07) is 17.6. The van der Waals surface area contributed by atoms with Gasteiger partial charge in [-0.05, 0) is 32.0 Å². The molecule has 0 aliphatic heterocycles. The van der Waals surface area contributed by atoms with Crippen molar-refractivity contribution in [2.45, 2.75) is 23.8 Å². The SMILES string of the molecule is Cc1ccc(S(=O)(=O)c2cc(C)nc(-c3ccccc3)n2)cc1. The summed E-state index contributed by atoms with van der Waals surface area (Å²) in [5.74, 6) is 0.413. The van der Waals surface area contributed by atoms with Crippen molar-refractivity contribution >= 4 is 9.84 Å². The van der Waals surface area contributed by atoms with Gasteiger partial charge in [-0.2, -0.15) is 0 Å². The molecule has 4 nitrogen and oxygen atoms in total. The van der Waals surface area contributed by atoms with Crippen molar-refractivity contribution in [2.75, 3.05) is 0 Å². The van der Waals surface area contributed by atoms with Crippen LogP contribution in [-0.4, -0.2) is 18.4 Å². The zero-order valence-corrected chi connectivity index (χ0v) is 13.7. The van der Waals surface area contributed by atoms with Gasteiger partial charge in [0.25, 0.3) is 0 Å². The van der Waals surface area contributed by atoms with Crippen LogP contribution in [0.5, 0.6) is 0 Å². The third-order valence-corrected chi connectivity index (χ3v) is 5.12. The van der Waals surface area contributed by atoms with Gasteiger partial charge in [-0.1, -0.05) is 48.0 Å². The summed E-state index contributed by atoms with van der Waals surface area (Å²) in [6.07, 6.45) is 0. The van der Waals surface area contributed by atoms with Crippen molar-refractivity contribution in [1.82, 2.24) is 9.97 Å². The van der Waals surface area contributed by atoms with Crippen LogP contribution >= 0.6 is 0 Å². The molecule has 0 saturated carbocycles. The summed E-state index contributed by atoms with van der Waals surface area (Å²) in [5, 5.41) is 0.0210. The number of aryl methyl sites for hydroxylation is 2. The fraction of sp³-hybridized carbons (Fsp3) is 0.111. The van der Waals surface area contributed by atoms with Crippen LogP contribution in [0.2, 0.25) is 0 Å². The van der Waals surface area contributed by atoms with E-state index in [9.17, 15) is 8.42 Å². The van der Waals surface area contributed by atoms with E-state index in [4.69, 9.17) is 0 Å². The Kier molecular flexibility index (Phi) is 3.96. The molecule has 23 heavy (non-hydrogen) atoms. The highest BCUT2D eigenvalue weighted by Crippen LogP contribution is 2.23. The van der Waals surface area contributed by atoms with E-state index in [0.717, 1.165) is 11.1 Å². The van der Waals surface area contributed by atoms with Gasteiger partial charge in [0.15, 0.2) is 10.9 Å². The highest BCUT2D eigenvalue weighted by Gasteiger charge is 2.21. The Balaban J connectivity index is 2.13. The largest absolute Gasteiger partial charge is 0.233 e. The summed E-state index contributed by atoms with van der Waals surface area (Å²) in [6.45, 7) is 3.68. The molecular formula is C18H16N2O2S. The molecule has 0 saturated heterocycles. The lowest BCUT2D eigenvalue weighted by Crippen LogP contribution is -2.07. The molecule has 0 radical (unpaired) electrons. The Bertz CT molecular complexity index is 935. The van der Waals surface area contributed by atoms with E-state index in [1.54, 1.807) is 31.2 Å². The van der Waals surface area contributed by atoms with Crippen molar-refractivity contribution in [3.8, 4) is 11.4 Å². The molecule has 0 fully saturated rings. The summed E-state index contributed by atoms with van der Waals surface area (Å²) >= 11 is 0. The lowest BCUT2D eigenvalue weighted by Gasteiger charge is -2.08. The molecule has 5 heteroatoms. The first kappa shape index (κ1) is 15.4. The van der Waals surface area contributed by atoms with Gasteiger partial charge >= 0.3 is 0 Å². The number of hydrogen-bond acceptors (Lipinski definition) is 4. The first-order chi connectivity index (χ1) is 11.0. The number of sulfone groups is 1. The standard InChI is InChI=1S/C18H16N2O2S/c1-13-8-10-16(11-9-13)23(21,22)17-12-14(2)19-18(20-17)15-6-4-3-5-7-15/h3-12H,1-2H3. The van der Waals surface area contributed by atoms with Crippen LogP contribution in [0.3, 0.4) is 0 Å². The zero-order chi connectivity index (χ0) is 16.4. The van der Waals surface area contributed by atoms with Gasteiger partial charge in [0.2, 0.25) is 9.84 Å². The normalized spacial score (nSPS) is 11.4. The van der Waals surface area contributed by atoms with Gasteiger partial charge in [-0.25, -0.2) is 18.4 Å². The fourth-order valence-corrected chi connectivity index (χ4v) is 3.50. The summed E-state index contributed by atoms with van der Waals surface area (Å²) in [7, 11) is -3.66. The van der Waals surface area contributed by atoms with E-state index in [-0.39, 0.29) is 9.92 Å². The third-order valence-electron chi connectivity index (χ3n) is 3.47. The maximum atomic E-state index is 12.8. The highest BCUT2D eigenvalue weighted by molar-refractivity contribution is 7.91. The van der Waals surface area contributed by atoms with Crippen LogP contribution in [0.25, 0.3) is 11.4 Å². The van der Waals surface area contributed by atoms with Crippen molar-refractivity contribution < 1.29 is 8.42 Å². The van der Waals surface area contributed by atoms with Crippen molar-refractivity contribution in [2.24, 2.45) is 0 Å². The van der Waals surface area contributed by atoms with Gasteiger partial charge in [0.05, 0.1) is 4.90 Å². The maximum absolute atomic E-state index is 12.8. The average Bonchev–Trinajstić information content (AvgIpc) is 2.55. The Morgan fingerprint density at radius 1 is 0.826 bits per heavy atom. The summed E-state index contributed by atoms with van der Waals surface area (Å²) in [5.41, 5.74) is 2.41. The molecule has 3 rings (SSSR count). The zero-order valence-electron chi connectivity index (χ0n) is 12.9. The van der Waals surface area contributed by atoms with E-state index in [1.165, 1.54) is 6.07 Å². The van der Waals surface area contributed by atoms with Gasteiger partial charge in [-0.15, -0.1) is 0 Å². The molecule has 1 heterocycles. The van der Waals surface area contributed by atoms with E-state index >= 15 is 0 Å². The molecule has 0 unspecified atom stereocenters. The minimum Gasteiger partial charge on any atom is -0.233 e. The Morgan fingerprint density at radius 3 is 2.13 bits per heavy atom. The first-order valence-electron chi connectivity index (χ1n) is 7.20. The van der Waals surface area contributed by atoms with E-state index < -0.39 is 9.84 Å². The lowest BCUT2D eigenvalue weighted by atomic mass is 10.2. The van der Waals surface area contributed by atoms with Crippen molar-refractivity contribution in [3.63, 3.8) is 0 Å². The van der Waals surface area contributed by atoms with Gasteiger partial charge < -0.3 is 0 Å². The number of hydrogen-bond donors (Lipinski definition) is 0. The van der Waals surface area contributed by atoms with E-state index in [0.29, 0.717) is 11.5 Å². The predicted octanol–water partition coefficient (Wildman–Crippen LogP) is 3.59. The van der Waals surface area contributed by atoms with Gasteiger partial charge in [0, 0.05) is 11.3 Å². The van der Waals surface area contributed by atoms with Crippen LogP contribution in [-0.2, 0) is 9.84 Å². The minimum atomic E-state index is -3.66. The maximum Gasteiger partial charge on any atom is 0.223 e. The predicted molar refractivity (Wildman–Crippen MR) is 88.8 cm³/mol. The summed E-state index contributed by atoms with van der Waals surface area (Å²) < 4.78 is 25.6. The highest BCUT2D eigenvalue weighted by atomic mass is 32.2. The second kappa shape index (κ2) is 5.93. The van der Waals surface area contributed by atoms with Crippen LogP contribution in [0.15, 0.2) is 70.6 Å². The monoisotopic (exact) mass is 324 g/mol. The molecule has 0 atom stereocenters. The first-order valence-corrected chi connectivity index (χ1v) is 8.68. The molecular weight excluding hydrogens is 308 g/mol. The number of rotatable bonds is 3. The third kappa shape index (κ3) is 3.14. The van der Waals surface area contributed by atoms with Gasteiger partial charge in [-0.3, -0.25) is 0 Å². The minimum absolute atomic E-state index is 0.0210. The quantitative estimate of drug-likeness (QED) is 0.691. The Morgan fingerprint density at radius 2 is 1.48 bits per heavy atom. The average molecular weight is 324 g/mol. The van der Waals surface area contributed by atoms with Crippen LogP contribution < -0.4 is 0 Å². The fourth-order valence-electron chi connectivity index (χ4n) is 2.23. The smallest absolute Gasteiger partial charge is 0.223 e. The molecule has 0 N–H and O–H groups in total. The molecule has 0 aliphatic carbocycles. The molecule has 3 aromatic rings. The molecule has 1 aromatic heterocycles.